The molecule has 0 saturated carbocycles. The molecule has 2 N–H and O–H groups in total. The molecule has 0 bridgehead atoms. The minimum absolute atomic E-state index is 0.199. The van der Waals surface area contributed by atoms with Gasteiger partial charge < -0.3 is 15.4 Å². The van der Waals surface area contributed by atoms with E-state index in [-0.39, 0.29) is 11.8 Å². The van der Waals surface area contributed by atoms with Crippen molar-refractivity contribution in [1.29, 1.82) is 0 Å². The van der Waals surface area contributed by atoms with Crippen LogP contribution in [0.4, 0.5) is 11.4 Å². The fourth-order valence-corrected chi connectivity index (χ4v) is 2.07. The van der Waals surface area contributed by atoms with Gasteiger partial charge in [0.2, 0.25) is 5.91 Å². The van der Waals surface area contributed by atoms with E-state index < -0.39 is 0 Å². The Hall–Kier alpha value is -2.82. The quantitative estimate of drug-likeness (QED) is 0.910. The van der Waals surface area contributed by atoms with Crippen molar-refractivity contribution in [1.82, 2.24) is 0 Å². The predicted molar refractivity (Wildman–Crippen MR) is 86.4 cm³/mol. The summed E-state index contributed by atoms with van der Waals surface area (Å²) in [7, 11) is 1.50. The van der Waals surface area contributed by atoms with Gasteiger partial charge in [0.05, 0.1) is 12.7 Å². The second kappa shape index (κ2) is 6.76. The molecule has 0 spiro atoms. The molecule has 2 amide bonds. The number of nitrogens with one attached hydrogen (secondary N) is 2. The maximum absolute atomic E-state index is 12.5. The zero-order chi connectivity index (χ0) is 16.1. The number of anilines is 2. The molecule has 0 atom stereocenters. The van der Waals surface area contributed by atoms with Crippen molar-refractivity contribution in [3.05, 3.63) is 53.6 Å². The molecule has 0 fully saturated rings. The molecular weight excluding hydrogens is 280 g/mol. The Balaban J connectivity index is 2.31. The van der Waals surface area contributed by atoms with E-state index in [0.29, 0.717) is 17.0 Å². The SMILES string of the molecule is COc1ccc(NC(C)=O)cc1C(=O)Nc1ccccc1C. The van der Waals surface area contributed by atoms with Crippen LogP contribution in [0, 0.1) is 6.92 Å². The second-order valence-electron chi connectivity index (χ2n) is 4.87. The Labute approximate surface area is 129 Å². The average molecular weight is 298 g/mol. The van der Waals surface area contributed by atoms with Gasteiger partial charge in [0, 0.05) is 18.3 Å². The monoisotopic (exact) mass is 298 g/mol. The number of ether oxygens (including phenoxy) is 1. The minimum atomic E-state index is -0.293. The number of methoxy groups -OCH3 is 1. The Morgan fingerprint density at radius 2 is 1.77 bits per heavy atom. The molecule has 0 radical (unpaired) electrons. The zero-order valence-corrected chi connectivity index (χ0v) is 12.8. The van der Waals surface area contributed by atoms with Crippen molar-refractivity contribution in [2.45, 2.75) is 13.8 Å². The van der Waals surface area contributed by atoms with Crippen molar-refractivity contribution in [3.63, 3.8) is 0 Å². The standard InChI is InChI=1S/C17H18N2O3/c1-11-6-4-5-7-15(11)19-17(21)14-10-13(18-12(2)20)8-9-16(14)22-3/h4-10H,1-3H3,(H,18,20)(H,19,21). The van der Waals surface area contributed by atoms with Crippen LogP contribution in [-0.4, -0.2) is 18.9 Å². The van der Waals surface area contributed by atoms with E-state index in [0.717, 1.165) is 11.3 Å². The van der Waals surface area contributed by atoms with Crippen LogP contribution >= 0.6 is 0 Å². The van der Waals surface area contributed by atoms with Crippen molar-refractivity contribution >= 4 is 23.2 Å². The van der Waals surface area contributed by atoms with Gasteiger partial charge in [-0.15, -0.1) is 0 Å². The lowest BCUT2D eigenvalue weighted by Gasteiger charge is -2.12. The first-order valence-electron chi connectivity index (χ1n) is 6.84. The Morgan fingerprint density at radius 3 is 2.41 bits per heavy atom. The van der Waals surface area contributed by atoms with E-state index in [1.165, 1.54) is 14.0 Å². The highest BCUT2D eigenvalue weighted by Crippen LogP contribution is 2.24. The summed E-state index contributed by atoms with van der Waals surface area (Å²) >= 11 is 0. The second-order valence-corrected chi connectivity index (χ2v) is 4.87. The summed E-state index contributed by atoms with van der Waals surface area (Å²) in [6.45, 7) is 3.33. The van der Waals surface area contributed by atoms with Crippen LogP contribution < -0.4 is 15.4 Å². The summed E-state index contributed by atoms with van der Waals surface area (Å²) in [5.41, 5.74) is 2.60. The van der Waals surface area contributed by atoms with Gasteiger partial charge >= 0.3 is 0 Å². The highest BCUT2D eigenvalue weighted by Gasteiger charge is 2.14. The highest BCUT2D eigenvalue weighted by molar-refractivity contribution is 6.07. The fraction of sp³-hybridized carbons (Fsp3) is 0.176. The lowest BCUT2D eigenvalue weighted by molar-refractivity contribution is -0.114. The number of benzene rings is 2. The first-order valence-corrected chi connectivity index (χ1v) is 6.84. The van der Waals surface area contributed by atoms with E-state index in [1.54, 1.807) is 18.2 Å². The normalized spacial score (nSPS) is 9.95. The average Bonchev–Trinajstić information content (AvgIpc) is 2.49. The molecule has 0 heterocycles. The Bertz CT molecular complexity index is 711. The van der Waals surface area contributed by atoms with Crippen molar-refractivity contribution in [2.75, 3.05) is 17.7 Å². The van der Waals surface area contributed by atoms with Crippen LogP contribution in [-0.2, 0) is 4.79 Å². The summed E-state index contributed by atoms with van der Waals surface area (Å²) in [6.07, 6.45) is 0. The third-order valence-corrected chi connectivity index (χ3v) is 3.16. The number of rotatable bonds is 4. The van der Waals surface area contributed by atoms with Gasteiger partial charge in [0.15, 0.2) is 0 Å². The summed E-state index contributed by atoms with van der Waals surface area (Å²) in [5.74, 6) is -0.0473. The summed E-state index contributed by atoms with van der Waals surface area (Å²) < 4.78 is 5.22. The van der Waals surface area contributed by atoms with Crippen LogP contribution in [0.2, 0.25) is 0 Å². The Morgan fingerprint density at radius 1 is 1.05 bits per heavy atom. The molecule has 0 saturated heterocycles. The van der Waals surface area contributed by atoms with Crippen molar-refractivity contribution in [3.8, 4) is 5.75 Å². The largest absolute Gasteiger partial charge is 0.496 e. The number of hydrogen-bond acceptors (Lipinski definition) is 3. The van der Waals surface area contributed by atoms with Gasteiger partial charge in [-0.25, -0.2) is 0 Å². The smallest absolute Gasteiger partial charge is 0.259 e. The Kier molecular flexibility index (Phi) is 4.78. The van der Waals surface area contributed by atoms with Crippen LogP contribution in [0.5, 0.6) is 5.75 Å². The third-order valence-electron chi connectivity index (χ3n) is 3.16. The third kappa shape index (κ3) is 3.63. The molecule has 0 aromatic heterocycles. The lowest BCUT2D eigenvalue weighted by Crippen LogP contribution is -2.15. The number of carbonyl (C=O) groups is 2. The molecule has 0 aliphatic rings. The molecule has 2 aromatic rings. The van der Waals surface area contributed by atoms with Crippen LogP contribution in [0.15, 0.2) is 42.5 Å². The molecule has 22 heavy (non-hydrogen) atoms. The molecule has 0 unspecified atom stereocenters. The number of carbonyl (C=O) groups excluding carboxylic acids is 2. The van der Waals surface area contributed by atoms with E-state index in [2.05, 4.69) is 10.6 Å². The summed E-state index contributed by atoms with van der Waals surface area (Å²) in [5, 5.41) is 5.50. The van der Waals surface area contributed by atoms with Crippen LogP contribution in [0.3, 0.4) is 0 Å². The van der Waals surface area contributed by atoms with Gasteiger partial charge in [0.25, 0.3) is 5.91 Å². The molecule has 0 aliphatic carbocycles. The fourth-order valence-electron chi connectivity index (χ4n) is 2.07. The molecule has 0 aliphatic heterocycles. The van der Waals surface area contributed by atoms with Gasteiger partial charge in [-0.2, -0.15) is 0 Å². The first-order chi connectivity index (χ1) is 10.5. The molecule has 5 heteroatoms. The van der Waals surface area contributed by atoms with Gasteiger partial charge in [-0.05, 0) is 36.8 Å². The van der Waals surface area contributed by atoms with E-state index in [9.17, 15) is 9.59 Å². The van der Waals surface area contributed by atoms with Crippen LogP contribution in [0.25, 0.3) is 0 Å². The number of para-hydroxylation sites is 1. The molecular formula is C17H18N2O3. The van der Waals surface area contributed by atoms with Crippen molar-refractivity contribution < 1.29 is 14.3 Å². The molecule has 2 rings (SSSR count). The van der Waals surface area contributed by atoms with Crippen LogP contribution in [0.1, 0.15) is 22.8 Å². The van der Waals surface area contributed by atoms with Crippen molar-refractivity contribution in [2.24, 2.45) is 0 Å². The maximum atomic E-state index is 12.5. The maximum Gasteiger partial charge on any atom is 0.259 e. The molecule has 2 aromatic carbocycles. The summed E-state index contributed by atoms with van der Waals surface area (Å²) in [6, 6.07) is 12.4. The zero-order valence-electron chi connectivity index (χ0n) is 12.8. The predicted octanol–water partition coefficient (Wildman–Crippen LogP) is 3.21. The van der Waals surface area contributed by atoms with Gasteiger partial charge in [-0.1, -0.05) is 18.2 Å². The van der Waals surface area contributed by atoms with Gasteiger partial charge in [-0.3, -0.25) is 9.59 Å². The summed E-state index contributed by atoms with van der Waals surface area (Å²) in [4.78, 5) is 23.6. The van der Waals surface area contributed by atoms with E-state index in [1.807, 2.05) is 31.2 Å². The number of aryl methyl sites for hydroxylation is 1. The minimum Gasteiger partial charge on any atom is -0.496 e. The van der Waals surface area contributed by atoms with Gasteiger partial charge in [0.1, 0.15) is 5.75 Å². The highest BCUT2D eigenvalue weighted by atomic mass is 16.5. The lowest BCUT2D eigenvalue weighted by atomic mass is 10.1. The van der Waals surface area contributed by atoms with E-state index >= 15 is 0 Å². The number of amides is 2. The van der Waals surface area contributed by atoms with E-state index in [4.69, 9.17) is 4.74 Å². The molecule has 5 nitrogen and oxygen atoms in total. The molecule has 114 valence electrons. The topological polar surface area (TPSA) is 67.4 Å². The number of hydrogen-bond donors (Lipinski definition) is 2. The first kappa shape index (κ1) is 15.6.